The smallest absolute Gasteiger partial charge is 0.225 e. The topological polar surface area (TPSA) is 42.0 Å². The Morgan fingerprint density at radius 3 is 2.89 bits per heavy atom. The van der Waals surface area contributed by atoms with Gasteiger partial charge in [-0.3, -0.25) is 4.79 Å². The summed E-state index contributed by atoms with van der Waals surface area (Å²) >= 11 is 1.66. The van der Waals surface area contributed by atoms with Crippen molar-refractivity contribution in [2.75, 3.05) is 5.32 Å². The molecule has 0 saturated heterocycles. The van der Waals surface area contributed by atoms with Crippen LogP contribution in [0.1, 0.15) is 23.2 Å². The molecule has 2 rings (SSSR count). The summed E-state index contributed by atoms with van der Waals surface area (Å²) in [6, 6.07) is 5.92. The molecular formula is C14H16N2OS. The van der Waals surface area contributed by atoms with Gasteiger partial charge in [0, 0.05) is 12.1 Å². The molecule has 2 aromatic heterocycles. The van der Waals surface area contributed by atoms with Crippen molar-refractivity contribution < 1.29 is 4.79 Å². The molecule has 0 aromatic carbocycles. The molecule has 0 aliphatic rings. The molecule has 2 aromatic rings. The highest BCUT2D eigenvalue weighted by atomic mass is 32.1. The predicted molar refractivity (Wildman–Crippen MR) is 75.0 cm³/mol. The number of nitrogens with one attached hydrogen (secondary N) is 1. The number of carbonyl (C=O) groups is 1. The van der Waals surface area contributed by atoms with E-state index in [0.29, 0.717) is 12.2 Å². The third-order valence-electron chi connectivity index (χ3n) is 2.59. The minimum atomic E-state index is 0.0127. The lowest BCUT2D eigenvalue weighted by Crippen LogP contribution is -2.13. The molecule has 0 fully saturated rings. The van der Waals surface area contributed by atoms with Gasteiger partial charge in [0.1, 0.15) is 5.82 Å². The lowest BCUT2D eigenvalue weighted by molar-refractivity contribution is -0.116. The lowest BCUT2D eigenvalue weighted by atomic mass is 10.2. The lowest BCUT2D eigenvalue weighted by Gasteiger charge is -2.06. The van der Waals surface area contributed by atoms with Crippen molar-refractivity contribution in [1.29, 1.82) is 0 Å². The van der Waals surface area contributed by atoms with E-state index < -0.39 is 0 Å². The van der Waals surface area contributed by atoms with Crippen molar-refractivity contribution in [2.45, 2.75) is 26.7 Å². The van der Waals surface area contributed by atoms with E-state index in [-0.39, 0.29) is 5.91 Å². The molecule has 0 spiro atoms. The normalized spacial score (nSPS) is 10.3. The van der Waals surface area contributed by atoms with Crippen molar-refractivity contribution >= 4 is 23.1 Å². The SMILES string of the molecule is Cc1cc(C)nc(NC(=O)CCc2ccsc2)c1. The zero-order valence-electron chi connectivity index (χ0n) is 10.6. The number of aryl methyl sites for hydroxylation is 3. The number of anilines is 1. The summed E-state index contributed by atoms with van der Waals surface area (Å²) in [7, 11) is 0. The zero-order valence-corrected chi connectivity index (χ0v) is 11.4. The summed E-state index contributed by atoms with van der Waals surface area (Å²) in [5, 5.41) is 6.94. The second-order valence-electron chi connectivity index (χ2n) is 4.35. The van der Waals surface area contributed by atoms with Crippen molar-refractivity contribution in [3.8, 4) is 0 Å². The summed E-state index contributed by atoms with van der Waals surface area (Å²) in [5.74, 6) is 0.654. The van der Waals surface area contributed by atoms with Crippen molar-refractivity contribution in [3.05, 3.63) is 45.8 Å². The summed E-state index contributed by atoms with van der Waals surface area (Å²) in [5.41, 5.74) is 3.24. The second-order valence-corrected chi connectivity index (χ2v) is 5.13. The standard InChI is InChI=1S/C14H16N2OS/c1-10-7-11(2)15-13(8-10)16-14(17)4-3-12-5-6-18-9-12/h5-9H,3-4H2,1-2H3,(H,15,16,17). The van der Waals surface area contributed by atoms with Gasteiger partial charge in [0.25, 0.3) is 0 Å². The largest absolute Gasteiger partial charge is 0.311 e. The van der Waals surface area contributed by atoms with Gasteiger partial charge in [-0.05, 0) is 60.4 Å². The first-order chi connectivity index (χ1) is 8.63. The molecular weight excluding hydrogens is 244 g/mol. The highest BCUT2D eigenvalue weighted by Crippen LogP contribution is 2.11. The Morgan fingerprint density at radius 2 is 2.22 bits per heavy atom. The maximum atomic E-state index is 11.8. The summed E-state index contributed by atoms with van der Waals surface area (Å²) in [4.78, 5) is 16.1. The molecule has 0 atom stereocenters. The Morgan fingerprint density at radius 1 is 1.39 bits per heavy atom. The van der Waals surface area contributed by atoms with Crippen LogP contribution in [0.4, 0.5) is 5.82 Å². The minimum absolute atomic E-state index is 0.0127. The van der Waals surface area contributed by atoms with Gasteiger partial charge in [-0.2, -0.15) is 11.3 Å². The van der Waals surface area contributed by atoms with Crippen molar-refractivity contribution in [2.24, 2.45) is 0 Å². The fraction of sp³-hybridized carbons (Fsp3) is 0.286. The van der Waals surface area contributed by atoms with E-state index in [4.69, 9.17) is 0 Å². The first kappa shape index (κ1) is 12.8. The van der Waals surface area contributed by atoms with Crippen LogP contribution in [0, 0.1) is 13.8 Å². The molecule has 0 unspecified atom stereocenters. The van der Waals surface area contributed by atoms with Crippen molar-refractivity contribution in [1.82, 2.24) is 4.98 Å². The number of rotatable bonds is 4. The maximum absolute atomic E-state index is 11.8. The molecule has 0 aliphatic heterocycles. The quantitative estimate of drug-likeness (QED) is 0.916. The molecule has 1 amide bonds. The van der Waals surface area contributed by atoms with Gasteiger partial charge >= 0.3 is 0 Å². The van der Waals surface area contributed by atoms with Crippen LogP contribution in [0.2, 0.25) is 0 Å². The van der Waals surface area contributed by atoms with E-state index in [2.05, 4.69) is 15.7 Å². The second kappa shape index (κ2) is 5.78. The van der Waals surface area contributed by atoms with Crippen LogP contribution >= 0.6 is 11.3 Å². The predicted octanol–water partition coefficient (Wildman–Crippen LogP) is 3.33. The molecule has 4 heteroatoms. The van der Waals surface area contributed by atoms with Gasteiger partial charge in [0.2, 0.25) is 5.91 Å². The number of thiophene rings is 1. The monoisotopic (exact) mass is 260 g/mol. The number of amides is 1. The molecule has 1 N–H and O–H groups in total. The number of nitrogens with zero attached hydrogens (tertiary/aromatic N) is 1. The summed E-state index contributed by atoms with van der Waals surface area (Å²) in [6.07, 6.45) is 1.27. The van der Waals surface area contributed by atoms with Crippen LogP contribution in [0.15, 0.2) is 29.0 Å². The van der Waals surface area contributed by atoms with Crippen LogP contribution in [0.3, 0.4) is 0 Å². The Labute approximate surface area is 111 Å². The number of pyridine rings is 1. The molecule has 0 saturated carbocycles. The molecule has 0 aliphatic carbocycles. The van der Waals surface area contributed by atoms with E-state index >= 15 is 0 Å². The first-order valence-corrected chi connectivity index (χ1v) is 6.84. The highest BCUT2D eigenvalue weighted by Gasteiger charge is 2.05. The third-order valence-corrected chi connectivity index (χ3v) is 3.32. The highest BCUT2D eigenvalue weighted by molar-refractivity contribution is 7.07. The maximum Gasteiger partial charge on any atom is 0.225 e. The molecule has 2 heterocycles. The van der Waals surface area contributed by atoms with Gasteiger partial charge in [0.05, 0.1) is 0 Å². The van der Waals surface area contributed by atoms with Crippen LogP contribution in [-0.4, -0.2) is 10.9 Å². The van der Waals surface area contributed by atoms with Gasteiger partial charge in [-0.1, -0.05) is 0 Å². The Balaban J connectivity index is 1.90. The van der Waals surface area contributed by atoms with E-state index in [1.807, 2.05) is 37.4 Å². The number of hydrogen-bond donors (Lipinski definition) is 1. The minimum Gasteiger partial charge on any atom is -0.311 e. The van der Waals surface area contributed by atoms with Crippen LogP contribution in [-0.2, 0) is 11.2 Å². The number of hydrogen-bond acceptors (Lipinski definition) is 3. The van der Waals surface area contributed by atoms with E-state index in [0.717, 1.165) is 17.7 Å². The average Bonchev–Trinajstić information content (AvgIpc) is 2.77. The number of carbonyl (C=O) groups excluding carboxylic acids is 1. The average molecular weight is 260 g/mol. The Hall–Kier alpha value is -1.68. The molecule has 3 nitrogen and oxygen atoms in total. The van der Waals surface area contributed by atoms with Gasteiger partial charge < -0.3 is 5.32 Å². The van der Waals surface area contributed by atoms with Gasteiger partial charge in [-0.25, -0.2) is 4.98 Å². The summed E-state index contributed by atoms with van der Waals surface area (Å²) < 4.78 is 0. The summed E-state index contributed by atoms with van der Waals surface area (Å²) in [6.45, 7) is 3.92. The van der Waals surface area contributed by atoms with E-state index in [9.17, 15) is 4.79 Å². The van der Waals surface area contributed by atoms with Crippen LogP contribution < -0.4 is 5.32 Å². The Kier molecular flexibility index (Phi) is 4.10. The zero-order chi connectivity index (χ0) is 13.0. The third kappa shape index (κ3) is 3.67. The first-order valence-electron chi connectivity index (χ1n) is 5.90. The molecule has 18 heavy (non-hydrogen) atoms. The number of aromatic nitrogens is 1. The molecule has 94 valence electrons. The van der Waals surface area contributed by atoms with Gasteiger partial charge in [-0.15, -0.1) is 0 Å². The van der Waals surface area contributed by atoms with Crippen LogP contribution in [0.5, 0.6) is 0 Å². The van der Waals surface area contributed by atoms with E-state index in [1.165, 1.54) is 5.56 Å². The van der Waals surface area contributed by atoms with Gasteiger partial charge in [0.15, 0.2) is 0 Å². The fourth-order valence-corrected chi connectivity index (χ4v) is 2.51. The fourth-order valence-electron chi connectivity index (χ4n) is 1.80. The molecule has 0 bridgehead atoms. The Bertz CT molecular complexity index is 514. The molecule has 0 radical (unpaired) electrons. The van der Waals surface area contributed by atoms with Crippen molar-refractivity contribution in [3.63, 3.8) is 0 Å². The van der Waals surface area contributed by atoms with E-state index in [1.54, 1.807) is 11.3 Å². The van der Waals surface area contributed by atoms with Crippen LogP contribution in [0.25, 0.3) is 0 Å².